The molecule has 0 amide bonds. The molecule has 0 unspecified atom stereocenters. The Morgan fingerprint density at radius 1 is 1.05 bits per heavy atom. The van der Waals surface area contributed by atoms with Crippen molar-refractivity contribution >= 4 is 48.4 Å². The predicted octanol–water partition coefficient (Wildman–Crippen LogP) is 4.42. The number of hydrogen-bond acceptors (Lipinski definition) is 4. The Morgan fingerprint density at radius 3 is 2.55 bits per heavy atom. The van der Waals surface area contributed by atoms with E-state index >= 15 is 0 Å². The van der Waals surface area contributed by atoms with E-state index in [1.54, 1.807) is 12.1 Å². The molecule has 0 saturated heterocycles. The highest BCUT2D eigenvalue weighted by Crippen LogP contribution is 2.34. The smallest absolute Gasteiger partial charge is 0.340 e. The molecule has 7 heteroatoms. The van der Waals surface area contributed by atoms with Gasteiger partial charge in [0.1, 0.15) is 10.0 Å². The summed E-state index contributed by atoms with van der Waals surface area (Å²) in [5.74, 6) is 0.216. The number of nitrogens with zero attached hydrogens (tertiary/aromatic N) is 1. The predicted molar refractivity (Wildman–Crippen MR) is 88.7 cm³/mol. The molecule has 112 valence electrons. The van der Waals surface area contributed by atoms with E-state index in [4.69, 9.17) is 15.8 Å². The van der Waals surface area contributed by atoms with Crippen molar-refractivity contribution in [3.8, 4) is 5.75 Å². The maximum atomic E-state index is 12.3. The first-order chi connectivity index (χ1) is 10.5. The van der Waals surface area contributed by atoms with Gasteiger partial charge in [-0.15, -0.1) is 0 Å². The van der Waals surface area contributed by atoms with Gasteiger partial charge in [-0.25, -0.2) is 4.98 Å². The lowest BCUT2D eigenvalue weighted by Gasteiger charge is -2.10. The molecule has 0 radical (unpaired) electrons. The second-order valence-corrected chi connectivity index (χ2v) is 7.18. The zero-order valence-corrected chi connectivity index (χ0v) is 14.2. The number of rotatable bonds is 3. The first-order valence-electron chi connectivity index (χ1n) is 6.21. The fourth-order valence-electron chi connectivity index (χ4n) is 1.95. The lowest BCUT2D eigenvalue weighted by atomic mass is 10.1. The highest BCUT2D eigenvalue weighted by molar-refractivity contribution is 9.10. The van der Waals surface area contributed by atoms with E-state index in [-0.39, 0.29) is 15.8 Å². The summed E-state index contributed by atoms with van der Waals surface area (Å²) in [6.07, 6.45) is 1.16. The van der Waals surface area contributed by atoms with Gasteiger partial charge in [-0.05, 0) is 44.9 Å². The van der Waals surface area contributed by atoms with Crippen molar-refractivity contribution in [2.45, 2.75) is 4.90 Å². The normalized spacial score (nSPS) is 11.5. The van der Waals surface area contributed by atoms with Crippen LogP contribution in [0.25, 0.3) is 10.8 Å². The zero-order valence-electron chi connectivity index (χ0n) is 11.0. The molecule has 0 spiro atoms. The number of pyridine rings is 1. The van der Waals surface area contributed by atoms with E-state index in [2.05, 4.69) is 20.9 Å². The second-order valence-electron chi connectivity index (χ2n) is 4.45. The highest BCUT2D eigenvalue weighted by atomic mass is 79.9. The molecule has 1 aromatic heterocycles. The van der Waals surface area contributed by atoms with E-state index in [1.165, 1.54) is 12.1 Å². The molecular formula is C15H9BrClNO3S. The first kappa shape index (κ1) is 15.3. The molecule has 3 aromatic rings. The van der Waals surface area contributed by atoms with E-state index < -0.39 is 10.1 Å². The monoisotopic (exact) mass is 397 g/mol. The molecule has 0 fully saturated rings. The fourth-order valence-corrected chi connectivity index (χ4v) is 3.64. The zero-order chi connectivity index (χ0) is 15.7. The van der Waals surface area contributed by atoms with Gasteiger partial charge in [-0.3, -0.25) is 0 Å². The number of benzene rings is 2. The Morgan fingerprint density at radius 2 is 1.82 bits per heavy atom. The molecule has 0 aliphatic carbocycles. The SMILES string of the molecule is O=S(=O)(Oc1ccc2ccccc2c1Br)c1ccc(Cl)nc1. The Hall–Kier alpha value is -1.63. The van der Waals surface area contributed by atoms with Gasteiger partial charge >= 0.3 is 10.1 Å². The summed E-state index contributed by atoms with van der Waals surface area (Å²) in [5, 5.41) is 2.06. The highest BCUT2D eigenvalue weighted by Gasteiger charge is 2.19. The maximum Gasteiger partial charge on any atom is 0.340 e. The van der Waals surface area contributed by atoms with Gasteiger partial charge in [0.05, 0.1) is 10.7 Å². The minimum atomic E-state index is -3.97. The maximum absolute atomic E-state index is 12.3. The Bertz CT molecular complexity index is 943. The third-order valence-corrected chi connectivity index (χ3v) is 5.28. The van der Waals surface area contributed by atoms with Crippen LogP contribution in [0.15, 0.2) is 64.1 Å². The van der Waals surface area contributed by atoms with Gasteiger partial charge in [-0.1, -0.05) is 41.9 Å². The summed E-state index contributed by atoms with van der Waals surface area (Å²) in [5.41, 5.74) is 0. The van der Waals surface area contributed by atoms with Gasteiger partial charge in [0, 0.05) is 0 Å². The quantitative estimate of drug-likeness (QED) is 0.484. The molecule has 0 N–H and O–H groups in total. The minimum Gasteiger partial charge on any atom is -0.378 e. The van der Waals surface area contributed by atoms with Crippen LogP contribution in [0, 0.1) is 0 Å². The first-order valence-corrected chi connectivity index (χ1v) is 8.78. The van der Waals surface area contributed by atoms with Crippen LogP contribution in [0.3, 0.4) is 0 Å². The van der Waals surface area contributed by atoms with Gasteiger partial charge < -0.3 is 4.18 Å². The molecule has 1 heterocycles. The summed E-state index contributed by atoms with van der Waals surface area (Å²) in [7, 11) is -3.97. The van der Waals surface area contributed by atoms with Crippen molar-refractivity contribution in [2.75, 3.05) is 0 Å². The Balaban J connectivity index is 2.02. The summed E-state index contributed by atoms with van der Waals surface area (Å²) in [6.45, 7) is 0. The number of fused-ring (bicyclic) bond motifs is 1. The third-order valence-electron chi connectivity index (χ3n) is 3.02. The Kier molecular flexibility index (Phi) is 4.08. The summed E-state index contributed by atoms with van der Waals surface area (Å²) in [4.78, 5) is 3.70. The number of halogens is 2. The van der Waals surface area contributed by atoms with Crippen molar-refractivity contribution < 1.29 is 12.6 Å². The van der Waals surface area contributed by atoms with Crippen LogP contribution in [-0.2, 0) is 10.1 Å². The molecule has 2 aromatic carbocycles. The molecule has 4 nitrogen and oxygen atoms in total. The lowest BCUT2D eigenvalue weighted by molar-refractivity contribution is 0.484. The van der Waals surface area contributed by atoms with Crippen molar-refractivity contribution in [3.63, 3.8) is 0 Å². The second kappa shape index (κ2) is 5.87. The summed E-state index contributed by atoms with van der Waals surface area (Å²) < 4.78 is 30.3. The van der Waals surface area contributed by atoms with Crippen LogP contribution >= 0.6 is 27.5 Å². The minimum absolute atomic E-state index is 0.0584. The van der Waals surface area contributed by atoms with Crippen LogP contribution in [0.4, 0.5) is 0 Å². The van der Waals surface area contributed by atoms with Gasteiger partial charge in [0.15, 0.2) is 5.75 Å². The van der Waals surface area contributed by atoms with Crippen molar-refractivity contribution in [1.29, 1.82) is 0 Å². The third kappa shape index (κ3) is 2.95. The van der Waals surface area contributed by atoms with Crippen molar-refractivity contribution in [1.82, 2.24) is 4.98 Å². The van der Waals surface area contributed by atoms with Crippen LogP contribution < -0.4 is 4.18 Å². The molecule has 22 heavy (non-hydrogen) atoms. The lowest BCUT2D eigenvalue weighted by Crippen LogP contribution is -2.10. The number of aromatic nitrogens is 1. The standard InChI is InChI=1S/C15H9BrClNO3S/c16-15-12-4-2-1-3-10(12)5-7-13(15)21-22(19,20)11-6-8-14(17)18-9-11/h1-9H. The summed E-state index contributed by atoms with van der Waals surface area (Å²) >= 11 is 9.05. The van der Waals surface area contributed by atoms with Crippen LogP contribution in [0.2, 0.25) is 5.15 Å². The molecule has 0 saturated carbocycles. The van der Waals surface area contributed by atoms with Crippen LogP contribution in [-0.4, -0.2) is 13.4 Å². The summed E-state index contributed by atoms with van der Waals surface area (Å²) in [6, 6.07) is 13.7. The molecule has 0 atom stereocenters. The molecule has 0 aliphatic heterocycles. The van der Waals surface area contributed by atoms with E-state index in [0.717, 1.165) is 17.0 Å². The van der Waals surface area contributed by atoms with Crippen LogP contribution in [0.1, 0.15) is 0 Å². The van der Waals surface area contributed by atoms with E-state index in [1.807, 2.05) is 24.3 Å². The Labute approximate surface area is 141 Å². The topological polar surface area (TPSA) is 56.3 Å². The number of hydrogen-bond donors (Lipinski definition) is 0. The largest absolute Gasteiger partial charge is 0.378 e. The molecular weight excluding hydrogens is 390 g/mol. The van der Waals surface area contributed by atoms with Crippen molar-refractivity contribution in [3.05, 3.63) is 64.4 Å². The average Bonchev–Trinajstić information content (AvgIpc) is 2.51. The molecule has 0 aliphatic rings. The molecule has 3 rings (SSSR count). The average molecular weight is 399 g/mol. The molecule has 0 bridgehead atoms. The van der Waals surface area contributed by atoms with E-state index in [9.17, 15) is 8.42 Å². The van der Waals surface area contributed by atoms with Crippen LogP contribution in [0.5, 0.6) is 5.75 Å². The fraction of sp³-hybridized carbons (Fsp3) is 0. The van der Waals surface area contributed by atoms with Gasteiger partial charge in [0.25, 0.3) is 0 Å². The van der Waals surface area contributed by atoms with Gasteiger partial charge in [0.2, 0.25) is 0 Å². The van der Waals surface area contributed by atoms with E-state index in [0.29, 0.717) is 4.47 Å². The van der Waals surface area contributed by atoms with Gasteiger partial charge in [-0.2, -0.15) is 8.42 Å². The van der Waals surface area contributed by atoms with Crippen molar-refractivity contribution in [2.24, 2.45) is 0 Å².